The van der Waals surface area contributed by atoms with Crippen molar-refractivity contribution in [2.75, 3.05) is 0 Å². The molecule has 1 unspecified atom stereocenters. The molecule has 0 aliphatic heterocycles. The Labute approximate surface area is 157 Å². The third-order valence-electron chi connectivity index (χ3n) is 5.13. The van der Waals surface area contributed by atoms with Crippen molar-refractivity contribution in [3.8, 4) is 0 Å². The van der Waals surface area contributed by atoms with Gasteiger partial charge in [-0.3, -0.25) is 0 Å². The minimum absolute atomic E-state index is 0.455. The third kappa shape index (κ3) is 5.93. The van der Waals surface area contributed by atoms with E-state index in [1.807, 2.05) is 13.0 Å². The van der Waals surface area contributed by atoms with Crippen LogP contribution in [0.3, 0.4) is 0 Å². The average Bonchev–Trinajstić information content (AvgIpc) is 2.66. The molecule has 2 rings (SSSR count). The lowest BCUT2D eigenvalue weighted by Crippen LogP contribution is -2.06. The van der Waals surface area contributed by atoms with E-state index in [9.17, 15) is 8.78 Å². The Morgan fingerprint density at radius 3 is 2.62 bits per heavy atom. The Morgan fingerprint density at radius 1 is 1.08 bits per heavy atom. The molecule has 0 amide bonds. The van der Waals surface area contributed by atoms with E-state index in [-0.39, 0.29) is 0 Å². The van der Waals surface area contributed by atoms with Crippen LogP contribution in [0.1, 0.15) is 76.3 Å². The topological polar surface area (TPSA) is 0 Å². The standard InChI is InChI=1S/C24H32F2/c1-3-5-7-8-10-12-21-17-18-22(24(26)23(21)25)20-15-13-19(14-16-20)11-9-6-4-2/h3,5,9,11,15,17-19H,4,6-8,10,12-14,16H2,1-2H3/b5-3+,11-9+. The molecule has 1 aromatic carbocycles. The lowest BCUT2D eigenvalue weighted by atomic mass is 9.85. The van der Waals surface area contributed by atoms with Crippen LogP contribution in [0.4, 0.5) is 8.78 Å². The van der Waals surface area contributed by atoms with E-state index in [1.165, 1.54) is 0 Å². The molecule has 1 aliphatic rings. The van der Waals surface area contributed by atoms with Crippen LogP contribution in [0.15, 0.2) is 42.5 Å². The maximum atomic E-state index is 14.6. The molecule has 0 aromatic heterocycles. The Balaban J connectivity index is 1.99. The fourth-order valence-corrected chi connectivity index (χ4v) is 3.50. The summed E-state index contributed by atoms with van der Waals surface area (Å²) in [4.78, 5) is 0. The van der Waals surface area contributed by atoms with Crippen molar-refractivity contribution < 1.29 is 8.78 Å². The first-order chi connectivity index (χ1) is 12.7. The zero-order chi connectivity index (χ0) is 18.8. The van der Waals surface area contributed by atoms with Crippen LogP contribution in [-0.2, 0) is 6.42 Å². The summed E-state index contributed by atoms with van der Waals surface area (Å²) in [5.41, 5.74) is 1.92. The zero-order valence-electron chi connectivity index (χ0n) is 16.2. The summed E-state index contributed by atoms with van der Waals surface area (Å²) in [6.45, 7) is 4.17. The van der Waals surface area contributed by atoms with E-state index in [0.717, 1.165) is 56.9 Å². The lowest BCUT2D eigenvalue weighted by Gasteiger charge is -2.20. The highest BCUT2D eigenvalue weighted by molar-refractivity contribution is 5.67. The summed E-state index contributed by atoms with van der Waals surface area (Å²) >= 11 is 0. The quantitative estimate of drug-likeness (QED) is 0.312. The van der Waals surface area contributed by atoms with Gasteiger partial charge in [0, 0.05) is 5.56 Å². The summed E-state index contributed by atoms with van der Waals surface area (Å²) in [5.74, 6) is -0.781. The van der Waals surface area contributed by atoms with Crippen molar-refractivity contribution in [3.63, 3.8) is 0 Å². The Morgan fingerprint density at radius 2 is 1.92 bits per heavy atom. The maximum absolute atomic E-state index is 14.6. The molecule has 1 aromatic rings. The monoisotopic (exact) mass is 358 g/mol. The molecule has 0 spiro atoms. The number of hydrogen-bond donors (Lipinski definition) is 0. The molecule has 0 saturated carbocycles. The molecule has 0 saturated heterocycles. The van der Waals surface area contributed by atoms with Gasteiger partial charge in [0.2, 0.25) is 0 Å². The normalized spacial score (nSPS) is 18.0. The Bertz CT molecular complexity index is 652. The smallest absolute Gasteiger partial charge is 0.166 e. The van der Waals surface area contributed by atoms with Gasteiger partial charge in [0.1, 0.15) is 0 Å². The molecule has 2 heteroatoms. The first kappa shape index (κ1) is 20.6. The first-order valence-electron chi connectivity index (χ1n) is 10.1. The molecule has 0 fully saturated rings. The highest BCUT2D eigenvalue weighted by atomic mass is 19.2. The second kappa shape index (κ2) is 11.1. The molecule has 1 aliphatic carbocycles. The van der Waals surface area contributed by atoms with Gasteiger partial charge in [-0.05, 0) is 75.3 Å². The van der Waals surface area contributed by atoms with Crippen molar-refractivity contribution in [1.29, 1.82) is 0 Å². The summed E-state index contributed by atoms with van der Waals surface area (Å²) < 4.78 is 29.0. The summed E-state index contributed by atoms with van der Waals surface area (Å²) in [6, 6.07) is 3.55. The molecule has 26 heavy (non-hydrogen) atoms. The van der Waals surface area contributed by atoms with Gasteiger partial charge in [-0.1, -0.05) is 55.9 Å². The molecule has 142 valence electrons. The molecule has 0 N–H and O–H groups in total. The third-order valence-corrected chi connectivity index (χ3v) is 5.13. The van der Waals surface area contributed by atoms with Crippen LogP contribution >= 0.6 is 0 Å². The number of benzene rings is 1. The molecule has 0 bridgehead atoms. The molecule has 0 heterocycles. The predicted octanol–water partition coefficient (Wildman–Crippen LogP) is 7.79. The molecule has 0 nitrogen and oxygen atoms in total. The van der Waals surface area contributed by atoms with Gasteiger partial charge in [0.05, 0.1) is 0 Å². The van der Waals surface area contributed by atoms with E-state index in [2.05, 4.69) is 31.2 Å². The van der Waals surface area contributed by atoms with E-state index < -0.39 is 11.6 Å². The van der Waals surface area contributed by atoms with E-state index >= 15 is 0 Å². The SMILES string of the molecule is C/C=C/CCCCc1ccc(C2=CCC(/C=C/CCC)CC2)c(F)c1F. The van der Waals surface area contributed by atoms with Crippen LogP contribution in [0.25, 0.3) is 5.57 Å². The number of aryl methyl sites for hydroxylation is 1. The number of allylic oxidation sites excluding steroid dienone is 6. The molecular formula is C24H32F2. The van der Waals surface area contributed by atoms with Gasteiger partial charge in [-0.2, -0.15) is 0 Å². The highest BCUT2D eigenvalue weighted by Crippen LogP contribution is 2.33. The average molecular weight is 359 g/mol. The minimum atomic E-state index is -0.665. The minimum Gasteiger partial charge on any atom is -0.203 e. The number of rotatable bonds is 9. The second-order valence-corrected chi connectivity index (χ2v) is 7.20. The molecule has 1 atom stereocenters. The van der Waals surface area contributed by atoms with Crippen LogP contribution in [0.2, 0.25) is 0 Å². The van der Waals surface area contributed by atoms with Crippen molar-refractivity contribution in [3.05, 3.63) is 65.3 Å². The fraction of sp³-hybridized carbons (Fsp3) is 0.500. The number of hydrogen-bond acceptors (Lipinski definition) is 0. The van der Waals surface area contributed by atoms with Crippen LogP contribution < -0.4 is 0 Å². The van der Waals surface area contributed by atoms with Gasteiger partial charge >= 0.3 is 0 Å². The summed E-state index contributed by atoms with van der Waals surface area (Å²) in [6.07, 6.45) is 19.3. The van der Waals surface area contributed by atoms with Gasteiger partial charge in [-0.25, -0.2) is 8.78 Å². The van der Waals surface area contributed by atoms with Crippen molar-refractivity contribution in [2.45, 2.75) is 71.6 Å². The van der Waals surface area contributed by atoms with Crippen LogP contribution in [0.5, 0.6) is 0 Å². The van der Waals surface area contributed by atoms with Crippen molar-refractivity contribution in [2.24, 2.45) is 5.92 Å². The zero-order valence-corrected chi connectivity index (χ0v) is 16.2. The predicted molar refractivity (Wildman–Crippen MR) is 108 cm³/mol. The molecular weight excluding hydrogens is 326 g/mol. The number of halogens is 2. The largest absolute Gasteiger partial charge is 0.203 e. The summed E-state index contributed by atoms with van der Waals surface area (Å²) in [5, 5.41) is 0. The van der Waals surface area contributed by atoms with E-state index in [4.69, 9.17) is 0 Å². The van der Waals surface area contributed by atoms with Crippen LogP contribution in [-0.4, -0.2) is 0 Å². The van der Waals surface area contributed by atoms with Crippen molar-refractivity contribution >= 4 is 5.57 Å². The fourth-order valence-electron chi connectivity index (χ4n) is 3.50. The highest BCUT2D eigenvalue weighted by Gasteiger charge is 2.19. The second-order valence-electron chi connectivity index (χ2n) is 7.20. The Kier molecular flexibility index (Phi) is 8.80. The summed E-state index contributed by atoms with van der Waals surface area (Å²) in [7, 11) is 0. The first-order valence-corrected chi connectivity index (χ1v) is 10.1. The van der Waals surface area contributed by atoms with Crippen LogP contribution in [0, 0.1) is 17.6 Å². The van der Waals surface area contributed by atoms with E-state index in [1.54, 1.807) is 12.1 Å². The van der Waals surface area contributed by atoms with Crippen molar-refractivity contribution in [1.82, 2.24) is 0 Å². The number of unbranched alkanes of at least 4 members (excludes halogenated alkanes) is 3. The van der Waals surface area contributed by atoms with Gasteiger partial charge in [0.25, 0.3) is 0 Å². The van der Waals surface area contributed by atoms with Gasteiger partial charge in [-0.15, -0.1) is 0 Å². The molecule has 0 radical (unpaired) electrons. The van der Waals surface area contributed by atoms with E-state index in [0.29, 0.717) is 23.5 Å². The van der Waals surface area contributed by atoms with Gasteiger partial charge in [0.15, 0.2) is 11.6 Å². The Hall–Kier alpha value is -1.70. The van der Waals surface area contributed by atoms with Gasteiger partial charge < -0.3 is 0 Å². The maximum Gasteiger partial charge on any atom is 0.166 e. The lowest BCUT2D eigenvalue weighted by molar-refractivity contribution is 0.492.